The molecule has 80 valence electrons. The van der Waals surface area contributed by atoms with Crippen molar-refractivity contribution in [2.45, 2.75) is 25.8 Å². The lowest BCUT2D eigenvalue weighted by Crippen LogP contribution is -2.54. The largest absolute Gasteiger partial charge is 0.480 e. The average molecular weight is 200 g/mol. The van der Waals surface area contributed by atoms with Crippen molar-refractivity contribution in [1.29, 1.82) is 0 Å². The lowest BCUT2D eigenvalue weighted by Gasteiger charge is -2.27. The third kappa shape index (κ3) is 2.70. The molecule has 0 aromatic rings. The van der Waals surface area contributed by atoms with Crippen LogP contribution in [0.25, 0.3) is 0 Å². The van der Waals surface area contributed by atoms with E-state index in [0.29, 0.717) is 19.5 Å². The summed E-state index contributed by atoms with van der Waals surface area (Å²) >= 11 is 0. The quantitative estimate of drug-likeness (QED) is 0.563. The molecule has 0 bridgehead atoms. The van der Waals surface area contributed by atoms with E-state index in [-0.39, 0.29) is 11.8 Å². The topological polar surface area (TPSA) is 78.4 Å². The van der Waals surface area contributed by atoms with Gasteiger partial charge in [0, 0.05) is 13.1 Å². The van der Waals surface area contributed by atoms with Gasteiger partial charge in [0.25, 0.3) is 0 Å². The first-order chi connectivity index (χ1) is 6.65. The predicted octanol–water partition coefficient (Wildman–Crippen LogP) is -0.425. The molecule has 3 N–H and O–H groups in total. The van der Waals surface area contributed by atoms with Crippen molar-refractivity contribution in [3.63, 3.8) is 0 Å². The van der Waals surface area contributed by atoms with E-state index in [9.17, 15) is 9.59 Å². The second kappa shape index (κ2) is 4.95. The number of rotatable bonds is 5. The van der Waals surface area contributed by atoms with Crippen molar-refractivity contribution in [2.75, 3.05) is 13.1 Å². The minimum atomic E-state index is -0.951. The smallest absolute Gasteiger partial charge is 0.326 e. The summed E-state index contributed by atoms with van der Waals surface area (Å²) in [5.41, 5.74) is 0. The minimum absolute atomic E-state index is 0.0475. The first-order valence-electron chi connectivity index (χ1n) is 4.89. The van der Waals surface area contributed by atoms with E-state index in [1.54, 1.807) is 0 Å². The van der Waals surface area contributed by atoms with E-state index in [0.717, 1.165) is 6.42 Å². The fraction of sp³-hybridized carbons (Fsp3) is 0.778. The Bertz CT molecular complexity index is 226. The fourth-order valence-electron chi connectivity index (χ4n) is 1.31. The second-order valence-electron chi connectivity index (χ2n) is 3.54. The normalized spacial score (nSPS) is 18.4. The maximum absolute atomic E-state index is 11.4. The van der Waals surface area contributed by atoms with E-state index in [2.05, 4.69) is 10.6 Å². The van der Waals surface area contributed by atoms with E-state index in [4.69, 9.17) is 5.11 Å². The van der Waals surface area contributed by atoms with E-state index < -0.39 is 12.0 Å². The van der Waals surface area contributed by atoms with Crippen molar-refractivity contribution in [2.24, 2.45) is 5.92 Å². The molecule has 1 saturated heterocycles. The third-order valence-corrected chi connectivity index (χ3v) is 2.34. The highest BCUT2D eigenvalue weighted by molar-refractivity contribution is 5.85. The highest BCUT2D eigenvalue weighted by atomic mass is 16.4. The number of nitrogens with one attached hydrogen (secondary N) is 2. The summed E-state index contributed by atoms with van der Waals surface area (Å²) in [6.45, 7) is 3.21. The summed E-state index contributed by atoms with van der Waals surface area (Å²) < 4.78 is 0. The van der Waals surface area contributed by atoms with Gasteiger partial charge in [0.2, 0.25) is 5.91 Å². The van der Waals surface area contributed by atoms with Crippen LogP contribution >= 0.6 is 0 Å². The lowest BCUT2D eigenvalue weighted by molar-refractivity contribution is -0.143. The molecule has 0 aliphatic carbocycles. The zero-order valence-corrected chi connectivity index (χ0v) is 8.25. The Labute approximate surface area is 82.9 Å². The minimum Gasteiger partial charge on any atom is -0.480 e. The van der Waals surface area contributed by atoms with E-state index in [1.807, 2.05) is 6.92 Å². The van der Waals surface area contributed by atoms with Crippen molar-refractivity contribution in [3.05, 3.63) is 0 Å². The summed E-state index contributed by atoms with van der Waals surface area (Å²) in [4.78, 5) is 22.1. The van der Waals surface area contributed by atoms with Crippen molar-refractivity contribution in [3.8, 4) is 0 Å². The molecule has 0 radical (unpaired) electrons. The van der Waals surface area contributed by atoms with E-state index >= 15 is 0 Å². The first-order valence-corrected chi connectivity index (χ1v) is 4.89. The number of carboxylic acid groups (broad SMARTS) is 1. The summed E-state index contributed by atoms with van der Waals surface area (Å²) in [5, 5.41) is 14.3. The van der Waals surface area contributed by atoms with Crippen LogP contribution in [0.3, 0.4) is 0 Å². The average Bonchev–Trinajstić information content (AvgIpc) is 1.99. The first kappa shape index (κ1) is 11.0. The summed E-state index contributed by atoms with van der Waals surface area (Å²) in [6, 6.07) is -0.729. The van der Waals surface area contributed by atoms with Crippen LogP contribution in [-0.4, -0.2) is 36.1 Å². The van der Waals surface area contributed by atoms with Crippen LogP contribution in [0.5, 0.6) is 0 Å². The third-order valence-electron chi connectivity index (χ3n) is 2.34. The molecule has 1 rings (SSSR count). The molecular weight excluding hydrogens is 184 g/mol. The van der Waals surface area contributed by atoms with Crippen LogP contribution in [0.4, 0.5) is 0 Å². The zero-order valence-electron chi connectivity index (χ0n) is 8.25. The molecule has 0 aromatic carbocycles. The van der Waals surface area contributed by atoms with Gasteiger partial charge in [0.05, 0.1) is 5.92 Å². The number of carbonyl (C=O) groups excluding carboxylic acids is 1. The standard InChI is InChI=1S/C9H16N2O3/c1-2-3-7(9(13)14)11-8(12)6-4-10-5-6/h6-7,10H,2-5H2,1H3,(H,11,12)(H,13,14)/t7-/m1/s1. The van der Waals surface area contributed by atoms with Gasteiger partial charge in [0.15, 0.2) is 0 Å². The Morgan fingerprint density at radius 1 is 1.57 bits per heavy atom. The highest BCUT2D eigenvalue weighted by Gasteiger charge is 2.28. The van der Waals surface area contributed by atoms with Crippen LogP contribution in [0.1, 0.15) is 19.8 Å². The molecule has 1 fully saturated rings. The molecule has 0 aromatic heterocycles. The van der Waals surface area contributed by atoms with Gasteiger partial charge in [-0.3, -0.25) is 4.79 Å². The predicted molar refractivity (Wildman–Crippen MR) is 50.8 cm³/mol. The van der Waals surface area contributed by atoms with Gasteiger partial charge in [-0.25, -0.2) is 4.79 Å². The molecule has 0 spiro atoms. The van der Waals surface area contributed by atoms with Gasteiger partial charge < -0.3 is 15.7 Å². The van der Waals surface area contributed by atoms with Gasteiger partial charge in [-0.05, 0) is 6.42 Å². The molecule has 1 heterocycles. The highest BCUT2D eigenvalue weighted by Crippen LogP contribution is 2.04. The van der Waals surface area contributed by atoms with Crippen LogP contribution < -0.4 is 10.6 Å². The van der Waals surface area contributed by atoms with Crippen molar-refractivity contribution in [1.82, 2.24) is 10.6 Å². The fourth-order valence-corrected chi connectivity index (χ4v) is 1.31. The van der Waals surface area contributed by atoms with Crippen molar-refractivity contribution >= 4 is 11.9 Å². The van der Waals surface area contributed by atoms with Gasteiger partial charge in [0.1, 0.15) is 6.04 Å². The molecule has 1 aliphatic rings. The molecule has 1 amide bonds. The number of hydrogen-bond donors (Lipinski definition) is 3. The summed E-state index contributed by atoms with van der Waals surface area (Å²) in [6.07, 6.45) is 1.24. The van der Waals surface area contributed by atoms with Gasteiger partial charge in [-0.2, -0.15) is 0 Å². The van der Waals surface area contributed by atoms with E-state index in [1.165, 1.54) is 0 Å². The maximum atomic E-state index is 11.4. The van der Waals surface area contributed by atoms with Crippen molar-refractivity contribution < 1.29 is 14.7 Å². The molecule has 0 unspecified atom stereocenters. The maximum Gasteiger partial charge on any atom is 0.326 e. The monoisotopic (exact) mass is 200 g/mol. The number of amides is 1. The number of hydrogen-bond acceptors (Lipinski definition) is 3. The number of carboxylic acids is 1. The molecular formula is C9H16N2O3. The Kier molecular flexibility index (Phi) is 3.88. The second-order valence-corrected chi connectivity index (χ2v) is 3.54. The van der Waals surface area contributed by atoms with Crippen LogP contribution in [0, 0.1) is 5.92 Å². The summed E-state index contributed by atoms with van der Waals surface area (Å²) in [7, 11) is 0. The molecule has 1 aliphatic heterocycles. The Morgan fingerprint density at radius 2 is 2.21 bits per heavy atom. The Hall–Kier alpha value is -1.10. The van der Waals surface area contributed by atoms with Gasteiger partial charge >= 0.3 is 5.97 Å². The van der Waals surface area contributed by atoms with Gasteiger partial charge in [-0.1, -0.05) is 13.3 Å². The molecule has 14 heavy (non-hydrogen) atoms. The summed E-state index contributed by atoms with van der Waals surface area (Å²) in [5.74, 6) is -1.15. The molecule has 5 heteroatoms. The number of carbonyl (C=O) groups is 2. The molecule has 5 nitrogen and oxygen atoms in total. The van der Waals surface area contributed by atoms with Gasteiger partial charge in [-0.15, -0.1) is 0 Å². The van der Waals surface area contributed by atoms with Crippen LogP contribution in [-0.2, 0) is 9.59 Å². The lowest BCUT2D eigenvalue weighted by atomic mass is 10.0. The Morgan fingerprint density at radius 3 is 2.57 bits per heavy atom. The Balaban J connectivity index is 2.37. The number of aliphatic carboxylic acids is 1. The van der Waals surface area contributed by atoms with Crippen LogP contribution in [0.2, 0.25) is 0 Å². The molecule has 1 atom stereocenters. The van der Waals surface area contributed by atoms with Crippen LogP contribution in [0.15, 0.2) is 0 Å². The molecule has 0 saturated carbocycles. The SMILES string of the molecule is CCC[C@@H](NC(=O)C1CNC1)C(=O)O. The zero-order chi connectivity index (χ0) is 10.6.